The highest BCUT2D eigenvalue weighted by Gasteiger charge is 2.46. The maximum atomic E-state index is 11.2. The molecule has 6 rings (SSSR count). The summed E-state index contributed by atoms with van der Waals surface area (Å²) in [5.74, 6) is 1.20. The number of fused-ring (bicyclic) bond motifs is 3. The van der Waals surface area contributed by atoms with Gasteiger partial charge in [-0.25, -0.2) is 15.4 Å². The predicted molar refractivity (Wildman–Crippen MR) is 128 cm³/mol. The minimum atomic E-state index is -0.110. The molecule has 1 amide bonds. The van der Waals surface area contributed by atoms with Crippen LogP contribution in [0, 0.1) is 0 Å². The Morgan fingerprint density at radius 2 is 2.12 bits per heavy atom. The fourth-order valence-electron chi connectivity index (χ4n) is 5.60. The number of hydrogen-bond acceptors (Lipinski definition) is 7. The number of nitrogens with two attached hydrogens (primary N) is 1. The molecule has 9 heteroatoms. The van der Waals surface area contributed by atoms with E-state index < -0.39 is 0 Å². The first kappa shape index (κ1) is 21.4. The van der Waals surface area contributed by atoms with E-state index in [-0.39, 0.29) is 23.6 Å². The molecule has 2 saturated heterocycles. The summed E-state index contributed by atoms with van der Waals surface area (Å²) in [5, 5.41) is 0.856. The lowest BCUT2D eigenvalue weighted by Crippen LogP contribution is -2.50. The molecule has 1 aromatic carbocycles. The van der Waals surface area contributed by atoms with Crippen molar-refractivity contribution in [2.24, 2.45) is 0 Å². The Hall–Kier alpha value is -3.17. The number of carbonyl (C=O) groups excluding carboxylic acids is 1. The first-order valence-corrected chi connectivity index (χ1v) is 12.0. The third-order valence-electron chi connectivity index (χ3n) is 7.51. The molecular formula is C25H30N6O3. The number of nitrogens with zero attached hydrogens (tertiary/aromatic N) is 3. The van der Waals surface area contributed by atoms with Gasteiger partial charge in [0.25, 0.3) is 0 Å². The van der Waals surface area contributed by atoms with E-state index in [9.17, 15) is 4.79 Å². The highest BCUT2D eigenvalue weighted by molar-refractivity contribution is 6.00. The van der Waals surface area contributed by atoms with Crippen LogP contribution in [0.1, 0.15) is 51.5 Å². The van der Waals surface area contributed by atoms with Gasteiger partial charge in [0.1, 0.15) is 35.7 Å². The molecule has 0 unspecified atom stereocenters. The number of carbonyl (C=O) groups is 1. The second-order valence-corrected chi connectivity index (χ2v) is 9.87. The molecular weight excluding hydrogens is 432 g/mol. The number of rotatable bonds is 7. The Kier molecular flexibility index (Phi) is 5.18. The number of nitrogens with one attached hydrogen (secondary N) is 2. The fraction of sp³-hybridized carbons (Fsp3) is 0.480. The standard InChI is InChI=1S/C25H30N6O3/c1-15(32)29-30-17-10-18(11-17)31-12-21(22-23(26)27-14-28-24(22)31)16-3-2-4-20(9-16)33-13-25-7-5-19(34-25)6-8-25/h2-4,9,12,14,17-19,30H,5-8,10-11,13H2,1H3,(H,29,32)(H2,26,27,28)/t17?,18?,19-,25+. The van der Waals surface area contributed by atoms with Gasteiger partial charge in [0.2, 0.25) is 5.91 Å². The molecule has 3 fully saturated rings. The van der Waals surface area contributed by atoms with Gasteiger partial charge in [-0.3, -0.25) is 10.2 Å². The van der Waals surface area contributed by atoms with Gasteiger partial charge in [-0.15, -0.1) is 0 Å². The van der Waals surface area contributed by atoms with Gasteiger partial charge in [0.15, 0.2) is 0 Å². The van der Waals surface area contributed by atoms with Crippen molar-refractivity contribution in [1.29, 1.82) is 0 Å². The van der Waals surface area contributed by atoms with Crippen LogP contribution in [-0.2, 0) is 9.53 Å². The van der Waals surface area contributed by atoms with Crippen molar-refractivity contribution in [3.63, 3.8) is 0 Å². The fourth-order valence-corrected chi connectivity index (χ4v) is 5.60. The number of hydrogen-bond donors (Lipinski definition) is 3. The summed E-state index contributed by atoms with van der Waals surface area (Å²) < 4.78 is 14.6. The molecule has 9 nitrogen and oxygen atoms in total. The van der Waals surface area contributed by atoms with Crippen molar-refractivity contribution >= 4 is 22.8 Å². The third-order valence-corrected chi connectivity index (χ3v) is 7.51. The number of ether oxygens (including phenoxy) is 2. The second kappa shape index (κ2) is 8.25. The van der Waals surface area contributed by atoms with Crippen LogP contribution in [0.5, 0.6) is 5.75 Å². The lowest BCUT2D eigenvalue weighted by molar-refractivity contribution is -0.120. The van der Waals surface area contributed by atoms with Crippen molar-refractivity contribution in [2.75, 3.05) is 12.3 Å². The number of nitrogen functional groups attached to an aromatic ring is 1. The number of anilines is 1. The summed E-state index contributed by atoms with van der Waals surface area (Å²) in [4.78, 5) is 20.0. The molecule has 178 valence electrons. The van der Waals surface area contributed by atoms with E-state index in [2.05, 4.69) is 43.7 Å². The third kappa shape index (κ3) is 3.78. The van der Waals surface area contributed by atoms with Crippen molar-refractivity contribution in [2.45, 2.75) is 69.2 Å². The molecule has 3 aromatic rings. The van der Waals surface area contributed by atoms with Gasteiger partial charge in [-0.2, -0.15) is 0 Å². The molecule has 1 saturated carbocycles. The van der Waals surface area contributed by atoms with E-state index >= 15 is 0 Å². The van der Waals surface area contributed by atoms with Gasteiger partial charge >= 0.3 is 0 Å². The zero-order valence-corrected chi connectivity index (χ0v) is 19.3. The van der Waals surface area contributed by atoms with Gasteiger partial charge in [-0.05, 0) is 56.2 Å². The SMILES string of the molecule is CC(=O)NNC1CC(n2cc(-c3cccc(OC[C@]45CC[C@H](CC4)O5)c3)c3c(N)ncnc32)C1. The van der Waals surface area contributed by atoms with E-state index in [4.69, 9.17) is 15.2 Å². The highest BCUT2D eigenvalue weighted by Crippen LogP contribution is 2.44. The van der Waals surface area contributed by atoms with Crippen LogP contribution in [0.15, 0.2) is 36.8 Å². The molecule has 2 aliphatic heterocycles. The Morgan fingerprint density at radius 1 is 1.29 bits per heavy atom. The zero-order valence-electron chi connectivity index (χ0n) is 19.3. The molecule has 2 aromatic heterocycles. The lowest BCUT2D eigenvalue weighted by atomic mass is 9.87. The smallest absolute Gasteiger partial charge is 0.230 e. The first-order chi connectivity index (χ1) is 16.5. The lowest BCUT2D eigenvalue weighted by Gasteiger charge is -2.36. The van der Waals surface area contributed by atoms with Crippen LogP contribution in [0.25, 0.3) is 22.2 Å². The average Bonchev–Trinajstić information content (AvgIpc) is 3.51. The van der Waals surface area contributed by atoms with E-state index in [0.717, 1.165) is 66.4 Å². The van der Waals surface area contributed by atoms with Gasteiger partial charge in [0.05, 0.1) is 11.5 Å². The quantitative estimate of drug-likeness (QED) is 0.462. The van der Waals surface area contributed by atoms with Crippen molar-refractivity contribution in [1.82, 2.24) is 25.4 Å². The second-order valence-electron chi connectivity index (χ2n) is 9.87. The van der Waals surface area contributed by atoms with E-state index in [1.165, 1.54) is 13.3 Å². The molecule has 0 radical (unpaired) electrons. The Balaban J connectivity index is 1.25. The summed E-state index contributed by atoms with van der Waals surface area (Å²) >= 11 is 0. The molecule has 0 atom stereocenters. The van der Waals surface area contributed by atoms with Gasteiger partial charge in [0, 0.05) is 30.8 Å². The van der Waals surface area contributed by atoms with Crippen molar-refractivity contribution in [3.05, 3.63) is 36.8 Å². The Bertz CT molecular complexity index is 1230. The number of benzene rings is 1. The molecule has 0 spiro atoms. The van der Waals surface area contributed by atoms with Crippen molar-refractivity contribution in [3.8, 4) is 16.9 Å². The number of hydrazine groups is 1. The van der Waals surface area contributed by atoms with Crippen LogP contribution in [-0.4, -0.2) is 44.8 Å². The molecule has 2 bridgehead atoms. The Labute approximate surface area is 198 Å². The minimum absolute atomic E-state index is 0.0911. The molecule has 4 heterocycles. The van der Waals surface area contributed by atoms with Crippen molar-refractivity contribution < 1.29 is 14.3 Å². The first-order valence-electron chi connectivity index (χ1n) is 12.0. The zero-order chi connectivity index (χ0) is 23.3. The monoisotopic (exact) mass is 462 g/mol. The average molecular weight is 463 g/mol. The molecule has 34 heavy (non-hydrogen) atoms. The topological polar surface area (TPSA) is 116 Å². The van der Waals surface area contributed by atoms with Crippen LogP contribution < -0.4 is 21.3 Å². The molecule has 1 aliphatic carbocycles. The summed E-state index contributed by atoms with van der Waals surface area (Å²) in [6.45, 7) is 2.09. The minimum Gasteiger partial charge on any atom is -0.491 e. The van der Waals surface area contributed by atoms with Crippen LogP contribution in [0.2, 0.25) is 0 Å². The van der Waals surface area contributed by atoms with Gasteiger partial charge < -0.3 is 19.8 Å². The molecule has 3 aliphatic rings. The largest absolute Gasteiger partial charge is 0.491 e. The highest BCUT2D eigenvalue weighted by atomic mass is 16.6. The van der Waals surface area contributed by atoms with E-state index in [1.54, 1.807) is 0 Å². The summed E-state index contributed by atoms with van der Waals surface area (Å²) in [6, 6.07) is 8.63. The number of aromatic nitrogens is 3. The van der Waals surface area contributed by atoms with Crippen LogP contribution >= 0.6 is 0 Å². The van der Waals surface area contributed by atoms with Gasteiger partial charge in [-0.1, -0.05) is 12.1 Å². The number of amides is 1. The maximum absolute atomic E-state index is 11.2. The maximum Gasteiger partial charge on any atom is 0.230 e. The summed E-state index contributed by atoms with van der Waals surface area (Å²) in [7, 11) is 0. The summed E-state index contributed by atoms with van der Waals surface area (Å²) in [6.07, 6.45) is 10.3. The van der Waals surface area contributed by atoms with Crippen LogP contribution in [0.4, 0.5) is 5.82 Å². The Morgan fingerprint density at radius 3 is 2.85 bits per heavy atom. The summed E-state index contributed by atoms with van der Waals surface area (Å²) in [5.41, 5.74) is 14.8. The van der Waals surface area contributed by atoms with Crippen LogP contribution in [0.3, 0.4) is 0 Å². The molecule has 4 N–H and O–H groups in total. The predicted octanol–water partition coefficient (Wildman–Crippen LogP) is 3.12. The normalized spacial score (nSPS) is 27.6. The van der Waals surface area contributed by atoms with E-state index in [1.807, 2.05) is 12.1 Å². The van der Waals surface area contributed by atoms with E-state index in [0.29, 0.717) is 18.5 Å².